The lowest BCUT2D eigenvalue weighted by Crippen LogP contribution is -2.13. The summed E-state index contributed by atoms with van der Waals surface area (Å²) in [6.07, 6.45) is 1.72. The minimum Gasteiger partial charge on any atom is -0.392 e. The monoisotopic (exact) mass is 405 g/mol. The second-order valence-electron chi connectivity index (χ2n) is 8.62. The van der Waals surface area contributed by atoms with Gasteiger partial charge in [0.1, 0.15) is 5.82 Å². The van der Waals surface area contributed by atoms with Crippen molar-refractivity contribution in [3.63, 3.8) is 0 Å². The number of benzene rings is 2. The number of pyridine rings is 1. The van der Waals surface area contributed by atoms with E-state index in [1.165, 1.54) is 23.3 Å². The third-order valence-electron chi connectivity index (χ3n) is 5.75. The molecule has 0 aliphatic rings. The highest BCUT2D eigenvalue weighted by Crippen LogP contribution is 2.37. The fourth-order valence-electron chi connectivity index (χ4n) is 4.19. The van der Waals surface area contributed by atoms with E-state index in [0.717, 1.165) is 46.5 Å². The second kappa shape index (κ2) is 9.53. The van der Waals surface area contributed by atoms with Crippen LogP contribution >= 0.6 is 0 Å². The molecule has 3 rings (SSSR count). The Morgan fingerprint density at radius 3 is 2.00 bits per heavy atom. The zero-order chi connectivity index (χ0) is 21.8. The van der Waals surface area contributed by atoms with Crippen molar-refractivity contribution in [3.05, 3.63) is 88.0 Å². The zero-order valence-electron chi connectivity index (χ0n) is 18.7. The van der Waals surface area contributed by atoms with Crippen LogP contribution in [-0.2, 0) is 19.4 Å². The van der Waals surface area contributed by atoms with Crippen LogP contribution in [0.2, 0.25) is 0 Å². The maximum atomic E-state index is 13.7. The van der Waals surface area contributed by atoms with Gasteiger partial charge in [0, 0.05) is 17.0 Å². The van der Waals surface area contributed by atoms with Gasteiger partial charge >= 0.3 is 0 Å². The summed E-state index contributed by atoms with van der Waals surface area (Å²) in [5.74, 6) is 0.184. The van der Waals surface area contributed by atoms with Gasteiger partial charge in [-0.15, -0.1) is 0 Å². The average molecular weight is 406 g/mol. The smallest absolute Gasteiger partial charge is 0.123 e. The molecular formula is C27H32FNO. The summed E-state index contributed by atoms with van der Waals surface area (Å²) in [6.45, 7) is 10.6. The van der Waals surface area contributed by atoms with Crippen LogP contribution in [0.1, 0.15) is 73.2 Å². The predicted molar refractivity (Wildman–Crippen MR) is 122 cm³/mol. The number of hydrogen-bond acceptors (Lipinski definition) is 2. The van der Waals surface area contributed by atoms with Crippen LogP contribution in [0.25, 0.3) is 11.1 Å². The summed E-state index contributed by atoms with van der Waals surface area (Å²) in [5, 5.41) is 10.3. The van der Waals surface area contributed by atoms with Crippen molar-refractivity contribution in [3.8, 4) is 11.1 Å². The molecule has 0 amide bonds. The number of nitrogens with zero attached hydrogens (tertiary/aromatic N) is 1. The summed E-state index contributed by atoms with van der Waals surface area (Å²) >= 11 is 0. The van der Waals surface area contributed by atoms with E-state index in [0.29, 0.717) is 0 Å². The molecule has 0 radical (unpaired) electrons. The van der Waals surface area contributed by atoms with E-state index in [2.05, 4.69) is 58.9 Å². The second-order valence-corrected chi connectivity index (χ2v) is 8.62. The lowest BCUT2D eigenvalue weighted by atomic mass is 9.85. The van der Waals surface area contributed by atoms with Crippen LogP contribution in [0, 0.1) is 12.7 Å². The molecule has 1 N–H and O–H groups in total. The quantitative estimate of drug-likeness (QED) is 0.473. The molecule has 3 heteroatoms. The molecule has 0 aliphatic heterocycles. The normalized spacial score (nSPS) is 11.5. The molecule has 3 aromatic rings. The van der Waals surface area contributed by atoms with Crippen LogP contribution in [-0.4, -0.2) is 10.1 Å². The van der Waals surface area contributed by atoms with Gasteiger partial charge in [-0.2, -0.15) is 0 Å². The van der Waals surface area contributed by atoms with E-state index < -0.39 is 0 Å². The van der Waals surface area contributed by atoms with E-state index in [4.69, 9.17) is 4.98 Å². The van der Waals surface area contributed by atoms with Crippen molar-refractivity contribution in [1.29, 1.82) is 0 Å². The first-order chi connectivity index (χ1) is 14.3. The third-order valence-corrected chi connectivity index (χ3v) is 5.75. The molecule has 1 heterocycles. The first-order valence-electron chi connectivity index (χ1n) is 10.8. The van der Waals surface area contributed by atoms with Crippen LogP contribution in [0.4, 0.5) is 4.39 Å². The summed E-state index contributed by atoms with van der Waals surface area (Å²) in [6, 6.07) is 15.1. The average Bonchev–Trinajstić information content (AvgIpc) is 2.72. The van der Waals surface area contributed by atoms with Crippen LogP contribution in [0.3, 0.4) is 0 Å². The van der Waals surface area contributed by atoms with Gasteiger partial charge in [-0.3, -0.25) is 4.98 Å². The Morgan fingerprint density at radius 1 is 0.833 bits per heavy atom. The van der Waals surface area contributed by atoms with Gasteiger partial charge in [-0.1, -0.05) is 64.1 Å². The first kappa shape index (κ1) is 22.2. The molecular weight excluding hydrogens is 373 g/mol. The van der Waals surface area contributed by atoms with Gasteiger partial charge in [0.2, 0.25) is 0 Å². The highest BCUT2D eigenvalue weighted by Gasteiger charge is 2.23. The van der Waals surface area contributed by atoms with Crippen molar-refractivity contribution in [2.24, 2.45) is 0 Å². The summed E-state index contributed by atoms with van der Waals surface area (Å²) in [7, 11) is 0. The standard InChI is InChI=1S/C27H32FNO/c1-17(2)26-23(15-12-20-9-7-6-8-19(20)5)25(21-10-13-22(28)14-11-21)24(16-30)27(29-26)18(3)4/h6-11,13-14,17-18,30H,12,15-16H2,1-5H3. The van der Waals surface area contributed by atoms with E-state index in [1.54, 1.807) is 0 Å². The van der Waals surface area contributed by atoms with Gasteiger partial charge < -0.3 is 5.11 Å². The number of aliphatic hydroxyl groups is 1. The molecule has 158 valence electrons. The SMILES string of the molecule is Cc1ccccc1CCc1c(C(C)C)nc(C(C)C)c(CO)c1-c1ccc(F)cc1. The van der Waals surface area contributed by atoms with Crippen molar-refractivity contribution in [1.82, 2.24) is 4.98 Å². The van der Waals surface area contributed by atoms with Gasteiger partial charge in [0.15, 0.2) is 0 Å². The van der Waals surface area contributed by atoms with E-state index in [9.17, 15) is 9.50 Å². The largest absolute Gasteiger partial charge is 0.392 e. The molecule has 0 aliphatic carbocycles. The molecule has 0 atom stereocenters. The zero-order valence-corrected chi connectivity index (χ0v) is 18.7. The van der Waals surface area contributed by atoms with E-state index in [-0.39, 0.29) is 24.3 Å². The molecule has 0 saturated carbocycles. The van der Waals surface area contributed by atoms with Crippen LogP contribution in [0.5, 0.6) is 0 Å². The number of rotatable bonds is 7. The number of aliphatic hydroxyl groups excluding tert-OH is 1. The Bertz CT molecular complexity index is 1010. The fraction of sp³-hybridized carbons (Fsp3) is 0.370. The van der Waals surface area contributed by atoms with E-state index >= 15 is 0 Å². The highest BCUT2D eigenvalue weighted by molar-refractivity contribution is 5.73. The van der Waals surface area contributed by atoms with Crippen LogP contribution < -0.4 is 0 Å². The summed E-state index contributed by atoms with van der Waals surface area (Å²) in [4.78, 5) is 5.05. The molecule has 2 nitrogen and oxygen atoms in total. The highest BCUT2D eigenvalue weighted by atomic mass is 19.1. The Labute approximate surface area is 179 Å². The topological polar surface area (TPSA) is 33.1 Å². The number of halogens is 1. The molecule has 2 aromatic carbocycles. The maximum Gasteiger partial charge on any atom is 0.123 e. The van der Waals surface area contributed by atoms with Crippen molar-refractivity contribution in [2.75, 3.05) is 0 Å². The van der Waals surface area contributed by atoms with Crippen LogP contribution in [0.15, 0.2) is 48.5 Å². The molecule has 0 spiro atoms. The van der Waals surface area contributed by atoms with Gasteiger partial charge in [0.25, 0.3) is 0 Å². The number of hydrogen-bond donors (Lipinski definition) is 1. The Hall–Kier alpha value is -2.52. The Morgan fingerprint density at radius 2 is 1.43 bits per heavy atom. The van der Waals surface area contributed by atoms with E-state index in [1.807, 2.05) is 12.1 Å². The molecule has 30 heavy (non-hydrogen) atoms. The third kappa shape index (κ3) is 4.62. The van der Waals surface area contributed by atoms with Crippen molar-refractivity contribution >= 4 is 0 Å². The van der Waals surface area contributed by atoms with Gasteiger partial charge in [-0.05, 0) is 71.6 Å². The fourth-order valence-corrected chi connectivity index (χ4v) is 4.19. The van der Waals surface area contributed by atoms with Gasteiger partial charge in [0.05, 0.1) is 6.61 Å². The lowest BCUT2D eigenvalue weighted by Gasteiger charge is -2.24. The molecule has 0 unspecified atom stereocenters. The van der Waals surface area contributed by atoms with Gasteiger partial charge in [-0.25, -0.2) is 4.39 Å². The predicted octanol–water partition coefficient (Wildman–Crippen LogP) is 6.72. The molecule has 1 aromatic heterocycles. The minimum absolute atomic E-state index is 0.0804. The van der Waals surface area contributed by atoms with Crippen molar-refractivity contribution < 1.29 is 9.50 Å². The first-order valence-corrected chi connectivity index (χ1v) is 10.8. The maximum absolute atomic E-state index is 13.7. The summed E-state index contributed by atoms with van der Waals surface area (Å²) < 4.78 is 13.7. The lowest BCUT2D eigenvalue weighted by molar-refractivity contribution is 0.279. The summed E-state index contributed by atoms with van der Waals surface area (Å²) in [5.41, 5.74) is 8.58. The van der Waals surface area contributed by atoms with Crippen molar-refractivity contribution in [2.45, 2.75) is 65.9 Å². The molecule has 0 bridgehead atoms. The molecule has 0 saturated heterocycles. The molecule has 0 fully saturated rings. The minimum atomic E-state index is -0.256. The Kier molecular flexibility index (Phi) is 7.04. The number of aryl methyl sites for hydroxylation is 2. The number of aromatic nitrogens is 1. The Balaban J connectivity index is 2.23.